The second-order valence-electron chi connectivity index (χ2n) is 3.10. The van der Waals surface area contributed by atoms with Crippen molar-refractivity contribution in [3.05, 3.63) is 41.4 Å². The molecule has 3 heteroatoms. The summed E-state index contributed by atoms with van der Waals surface area (Å²) in [5.41, 5.74) is 1.08. The number of nitrogens with one attached hydrogen (secondary N) is 1. The van der Waals surface area contributed by atoms with Gasteiger partial charge in [0.25, 0.3) is 0 Å². The van der Waals surface area contributed by atoms with Gasteiger partial charge in [-0.25, -0.2) is 0 Å². The fraction of sp³-hybridized carbons (Fsp3) is 0.333. The molecule has 0 radical (unpaired) electrons. The zero-order valence-electron chi connectivity index (χ0n) is 8.92. The van der Waals surface area contributed by atoms with Crippen molar-refractivity contribution in [2.75, 3.05) is 13.2 Å². The molecule has 1 aromatic rings. The molecule has 0 amide bonds. The van der Waals surface area contributed by atoms with E-state index >= 15 is 0 Å². The van der Waals surface area contributed by atoms with Gasteiger partial charge in [0.05, 0.1) is 6.61 Å². The maximum atomic E-state index is 5.93. The molecular weight excluding hydrogens is 210 g/mol. The van der Waals surface area contributed by atoms with Gasteiger partial charge in [-0.05, 0) is 25.1 Å². The van der Waals surface area contributed by atoms with Gasteiger partial charge in [-0.15, -0.1) is 6.58 Å². The van der Waals surface area contributed by atoms with E-state index in [0.717, 1.165) is 29.4 Å². The Kier molecular flexibility index (Phi) is 5.22. The molecule has 15 heavy (non-hydrogen) atoms. The molecule has 0 aromatic heterocycles. The molecule has 0 aliphatic rings. The molecule has 0 atom stereocenters. The first-order chi connectivity index (χ1) is 7.27. The van der Waals surface area contributed by atoms with E-state index in [2.05, 4.69) is 11.9 Å². The summed E-state index contributed by atoms with van der Waals surface area (Å²) in [5.74, 6) is 0.887. The molecule has 0 unspecified atom stereocenters. The van der Waals surface area contributed by atoms with Crippen LogP contribution in [0.5, 0.6) is 5.75 Å². The summed E-state index contributed by atoms with van der Waals surface area (Å²) in [6.45, 7) is 7.79. The van der Waals surface area contributed by atoms with E-state index in [9.17, 15) is 0 Å². The van der Waals surface area contributed by atoms with Gasteiger partial charge in [0.15, 0.2) is 0 Å². The molecule has 0 heterocycles. The standard InChI is InChI=1S/C12H16ClNO/c1-3-7-14-9-10-8-11(13)5-6-12(10)15-4-2/h3,5-6,8,14H,1,4,7,9H2,2H3. The third-order valence-corrected chi connectivity index (χ3v) is 2.16. The van der Waals surface area contributed by atoms with Crippen LogP contribution in [0.3, 0.4) is 0 Å². The Morgan fingerprint density at radius 1 is 1.53 bits per heavy atom. The molecule has 0 aliphatic heterocycles. The maximum Gasteiger partial charge on any atom is 0.123 e. The van der Waals surface area contributed by atoms with E-state index in [1.54, 1.807) is 0 Å². The van der Waals surface area contributed by atoms with E-state index in [1.165, 1.54) is 0 Å². The highest BCUT2D eigenvalue weighted by atomic mass is 35.5. The van der Waals surface area contributed by atoms with Crippen LogP contribution in [-0.4, -0.2) is 13.2 Å². The molecule has 0 fully saturated rings. The molecule has 1 aromatic carbocycles. The van der Waals surface area contributed by atoms with Gasteiger partial charge in [0.1, 0.15) is 5.75 Å². The summed E-state index contributed by atoms with van der Waals surface area (Å²) in [7, 11) is 0. The first-order valence-corrected chi connectivity index (χ1v) is 5.38. The Morgan fingerprint density at radius 2 is 2.33 bits per heavy atom. The fourth-order valence-corrected chi connectivity index (χ4v) is 1.49. The minimum Gasteiger partial charge on any atom is -0.494 e. The van der Waals surface area contributed by atoms with E-state index in [1.807, 2.05) is 31.2 Å². The highest BCUT2D eigenvalue weighted by Gasteiger charge is 2.03. The van der Waals surface area contributed by atoms with Crippen LogP contribution in [0.15, 0.2) is 30.9 Å². The predicted molar refractivity (Wildman–Crippen MR) is 64.5 cm³/mol. The lowest BCUT2D eigenvalue weighted by molar-refractivity contribution is 0.335. The molecule has 0 bridgehead atoms. The van der Waals surface area contributed by atoms with Crippen molar-refractivity contribution in [2.24, 2.45) is 0 Å². The van der Waals surface area contributed by atoms with Crippen molar-refractivity contribution >= 4 is 11.6 Å². The van der Waals surface area contributed by atoms with Crippen molar-refractivity contribution in [1.82, 2.24) is 5.32 Å². The number of halogens is 1. The van der Waals surface area contributed by atoms with Gasteiger partial charge < -0.3 is 10.1 Å². The second kappa shape index (κ2) is 6.49. The number of ether oxygens (including phenoxy) is 1. The molecule has 1 N–H and O–H groups in total. The van der Waals surface area contributed by atoms with Gasteiger partial charge in [0, 0.05) is 23.7 Å². The smallest absolute Gasteiger partial charge is 0.123 e. The molecule has 0 aliphatic carbocycles. The van der Waals surface area contributed by atoms with E-state index in [-0.39, 0.29) is 0 Å². The molecule has 0 saturated carbocycles. The van der Waals surface area contributed by atoms with Gasteiger partial charge in [-0.2, -0.15) is 0 Å². The summed E-state index contributed by atoms with van der Waals surface area (Å²) in [5, 5.41) is 3.95. The summed E-state index contributed by atoms with van der Waals surface area (Å²) < 4.78 is 5.50. The predicted octanol–water partition coefficient (Wildman–Crippen LogP) is 3.01. The average molecular weight is 226 g/mol. The van der Waals surface area contributed by atoms with Crippen molar-refractivity contribution < 1.29 is 4.74 Å². The van der Waals surface area contributed by atoms with Crippen LogP contribution in [0.25, 0.3) is 0 Å². The Balaban J connectivity index is 2.72. The third-order valence-electron chi connectivity index (χ3n) is 1.93. The zero-order chi connectivity index (χ0) is 11.1. The largest absolute Gasteiger partial charge is 0.494 e. The summed E-state index contributed by atoms with van der Waals surface area (Å²) >= 11 is 5.93. The highest BCUT2D eigenvalue weighted by Crippen LogP contribution is 2.22. The van der Waals surface area contributed by atoms with Crippen LogP contribution >= 0.6 is 11.6 Å². The molecule has 82 valence electrons. The Labute approximate surface area is 95.9 Å². The summed E-state index contributed by atoms with van der Waals surface area (Å²) in [6.07, 6.45) is 1.82. The first kappa shape index (κ1) is 12.1. The van der Waals surface area contributed by atoms with Crippen LogP contribution < -0.4 is 10.1 Å². The van der Waals surface area contributed by atoms with Crippen molar-refractivity contribution in [2.45, 2.75) is 13.5 Å². The van der Waals surface area contributed by atoms with Gasteiger partial charge in [-0.3, -0.25) is 0 Å². The monoisotopic (exact) mass is 225 g/mol. The quantitative estimate of drug-likeness (QED) is 0.594. The van der Waals surface area contributed by atoms with Crippen LogP contribution in [0.4, 0.5) is 0 Å². The maximum absolute atomic E-state index is 5.93. The van der Waals surface area contributed by atoms with E-state index in [0.29, 0.717) is 6.61 Å². The lowest BCUT2D eigenvalue weighted by Gasteiger charge is -2.10. The van der Waals surface area contributed by atoms with Crippen LogP contribution in [0.2, 0.25) is 5.02 Å². The molecule has 2 nitrogen and oxygen atoms in total. The number of benzene rings is 1. The number of hydrogen-bond donors (Lipinski definition) is 1. The van der Waals surface area contributed by atoms with Crippen molar-refractivity contribution in [3.63, 3.8) is 0 Å². The second-order valence-corrected chi connectivity index (χ2v) is 3.54. The minimum atomic E-state index is 0.663. The summed E-state index contributed by atoms with van der Waals surface area (Å²) in [6, 6.07) is 5.66. The Morgan fingerprint density at radius 3 is 3.00 bits per heavy atom. The van der Waals surface area contributed by atoms with E-state index in [4.69, 9.17) is 16.3 Å². The van der Waals surface area contributed by atoms with E-state index < -0.39 is 0 Å². The highest BCUT2D eigenvalue weighted by molar-refractivity contribution is 6.30. The lowest BCUT2D eigenvalue weighted by Crippen LogP contribution is -2.13. The van der Waals surface area contributed by atoms with Gasteiger partial charge in [-0.1, -0.05) is 17.7 Å². The van der Waals surface area contributed by atoms with Crippen LogP contribution in [0.1, 0.15) is 12.5 Å². The molecule has 0 spiro atoms. The van der Waals surface area contributed by atoms with Crippen LogP contribution in [-0.2, 0) is 6.54 Å². The van der Waals surface area contributed by atoms with Crippen molar-refractivity contribution in [3.8, 4) is 5.75 Å². The Hall–Kier alpha value is -0.990. The van der Waals surface area contributed by atoms with Crippen molar-refractivity contribution in [1.29, 1.82) is 0 Å². The normalized spacial score (nSPS) is 10.0. The molecule has 1 rings (SSSR count). The fourth-order valence-electron chi connectivity index (χ4n) is 1.29. The topological polar surface area (TPSA) is 21.3 Å². The van der Waals surface area contributed by atoms with Gasteiger partial charge in [0.2, 0.25) is 0 Å². The van der Waals surface area contributed by atoms with Crippen LogP contribution in [0, 0.1) is 0 Å². The summed E-state index contributed by atoms with van der Waals surface area (Å²) in [4.78, 5) is 0. The SMILES string of the molecule is C=CCNCc1cc(Cl)ccc1OCC. The molecular formula is C12H16ClNO. The Bertz CT molecular complexity index is 325. The minimum absolute atomic E-state index is 0.663. The number of rotatable bonds is 6. The average Bonchev–Trinajstić information content (AvgIpc) is 2.22. The molecule has 0 saturated heterocycles. The van der Waals surface area contributed by atoms with Gasteiger partial charge >= 0.3 is 0 Å². The third kappa shape index (κ3) is 3.94. The number of hydrogen-bond acceptors (Lipinski definition) is 2. The zero-order valence-corrected chi connectivity index (χ0v) is 9.68. The lowest BCUT2D eigenvalue weighted by atomic mass is 10.2. The first-order valence-electron chi connectivity index (χ1n) is 5.00.